The van der Waals surface area contributed by atoms with Crippen molar-refractivity contribution in [2.75, 3.05) is 6.61 Å². The molecule has 2 atom stereocenters. The number of hydrogen-bond donors (Lipinski definition) is 0. The summed E-state index contributed by atoms with van der Waals surface area (Å²) in [6, 6.07) is 3.31. The molecule has 0 saturated carbocycles. The summed E-state index contributed by atoms with van der Waals surface area (Å²) < 4.78 is 34.8. The van der Waals surface area contributed by atoms with Crippen LogP contribution in [0.15, 0.2) is 30.9 Å². The highest BCUT2D eigenvalue weighted by Gasteiger charge is 2.54. The van der Waals surface area contributed by atoms with E-state index in [9.17, 15) is 8.78 Å². The van der Waals surface area contributed by atoms with Crippen molar-refractivity contribution < 1.29 is 13.5 Å². The number of rotatable bonds is 3. The summed E-state index contributed by atoms with van der Waals surface area (Å²) >= 11 is 0. The predicted molar refractivity (Wildman–Crippen MR) is 78.8 cm³/mol. The second-order valence-corrected chi connectivity index (χ2v) is 5.76. The normalized spacial score (nSPS) is 21.6. The van der Waals surface area contributed by atoms with E-state index in [-0.39, 0.29) is 6.04 Å². The molecule has 3 heterocycles. The Labute approximate surface area is 131 Å². The fourth-order valence-electron chi connectivity index (χ4n) is 3.01. The van der Waals surface area contributed by atoms with Gasteiger partial charge in [-0.1, -0.05) is 6.07 Å². The largest absolute Gasteiger partial charge is 0.362 e. The maximum atomic E-state index is 14.2. The van der Waals surface area contributed by atoms with E-state index in [1.165, 1.54) is 18.5 Å². The fraction of sp³-hybridized carbons (Fsp3) is 0.312. The molecule has 1 saturated heterocycles. The van der Waals surface area contributed by atoms with E-state index in [1.54, 1.807) is 6.33 Å². The maximum absolute atomic E-state index is 14.2. The topological polar surface area (TPSA) is 56.1 Å². The number of benzene rings is 1. The number of halogens is 2. The second-order valence-electron chi connectivity index (χ2n) is 5.76. The van der Waals surface area contributed by atoms with Crippen LogP contribution < -0.4 is 0 Å². The Bertz CT molecular complexity index is 904. The molecule has 7 heteroatoms. The number of fused-ring (bicyclic) bond motifs is 1. The summed E-state index contributed by atoms with van der Waals surface area (Å²) in [5, 5.41) is 0. The number of ether oxygens (including phenoxy) is 1. The molecule has 0 unspecified atom stereocenters. The highest BCUT2D eigenvalue weighted by atomic mass is 19.1. The number of aromatic nitrogens is 4. The molecule has 2 aromatic heterocycles. The van der Waals surface area contributed by atoms with Crippen LogP contribution in [0.5, 0.6) is 0 Å². The Morgan fingerprint density at radius 3 is 2.74 bits per heavy atom. The number of nitrogens with zero attached hydrogens (tertiary/aromatic N) is 4. The minimum absolute atomic E-state index is 0.248. The summed E-state index contributed by atoms with van der Waals surface area (Å²) in [5.41, 5.74) is 1.67. The average molecular weight is 316 g/mol. The van der Waals surface area contributed by atoms with Crippen LogP contribution in [0.2, 0.25) is 0 Å². The Kier molecular flexibility index (Phi) is 2.96. The van der Waals surface area contributed by atoms with Crippen LogP contribution in [0.1, 0.15) is 24.2 Å². The van der Waals surface area contributed by atoms with Crippen molar-refractivity contribution in [3.63, 3.8) is 0 Å². The van der Waals surface area contributed by atoms with E-state index < -0.39 is 17.2 Å². The Morgan fingerprint density at radius 1 is 1.26 bits per heavy atom. The van der Waals surface area contributed by atoms with E-state index in [1.807, 2.05) is 18.4 Å². The van der Waals surface area contributed by atoms with Crippen molar-refractivity contribution in [3.05, 3.63) is 53.7 Å². The van der Waals surface area contributed by atoms with Crippen molar-refractivity contribution >= 4 is 11.2 Å². The third kappa shape index (κ3) is 2.03. The Morgan fingerprint density at radius 2 is 2.04 bits per heavy atom. The zero-order valence-electron chi connectivity index (χ0n) is 12.6. The molecule has 1 aromatic carbocycles. The van der Waals surface area contributed by atoms with Crippen LogP contribution in [0.4, 0.5) is 8.78 Å². The van der Waals surface area contributed by atoms with Gasteiger partial charge in [0.05, 0.1) is 24.7 Å². The van der Waals surface area contributed by atoms with Gasteiger partial charge in [-0.3, -0.25) is 0 Å². The lowest BCUT2D eigenvalue weighted by Crippen LogP contribution is -2.24. The van der Waals surface area contributed by atoms with Gasteiger partial charge < -0.3 is 9.30 Å². The third-order valence-corrected chi connectivity index (χ3v) is 4.48. The van der Waals surface area contributed by atoms with Gasteiger partial charge in [0.2, 0.25) is 0 Å². The molecule has 1 aliphatic rings. The van der Waals surface area contributed by atoms with Crippen LogP contribution >= 0.6 is 0 Å². The van der Waals surface area contributed by atoms with Crippen LogP contribution in [-0.4, -0.2) is 26.1 Å². The molecule has 0 bridgehead atoms. The van der Waals surface area contributed by atoms with Gasteiger partial charge in [-0.25, -0.2) is 23.7 Å². The average Bonchev–Trinajstić information content (AvgIpc) is 3.19. The minimum atomic E-state index is -0.829. The van der Waals surface area contributed by atoms with Crippen LogP contribution in [0.25, 0.3) is 11.2 Å². The highest BCUT2D eigenvalue weighted by Crippen LogP contribution is 2.49. The molecule has 4 rings (SSSR count). The summed E-state index contributed by atoms with van der Waals surface area (Å²) in [6.45, 7) is 4.13. The van der Waals surface area contributed by atoms with Crippen LogP contribution in [0.3, 0.4) is 0 Å². The van der Waals surface area contributed by atoms with Gasteiger partial charge in [0.1, 0.15) is 29.1 Å². The van der Waals surface area contributed by atoms with Gasteiger partial charge in [0.15, 0.2) is 5.65 Å². The predicted octanol–water partition coefficient (Wildman–Crippen LogP) is 2.90. The van der Waals surface area contributed by atoms with Crippen molar-refractivity contribution in [1.82, 2.24) is 19.5 Å². The van der Waals surface area contributed by atoms with Crippen LogP contribution in [-0.2, 0) is 10.3 Å². The van der Waals surface area contributed by atoms with E-state index in [0.717, 1.165) is 11.8 Å². The van der Waals surface area contributed by atoms with E-state index in [4.69, 9.17) is 4.74 Å². The lowest BCUT2D eigenvalue weighted by molar-refractivity contribution is 0.227. The molecule has 1 aliphatic heterocycles. The lowest BCUT2D eigenvalue weighted by Gasteiger charge is -2.22. The summed E-state index contributed by atoms with van der Waals surface area (Å²) in [6.07, 6.45) is 3.13. The molecule has 23 heavy (non-hydrogen) atoms. The Hall–Kier alpha value is -2.41. The molecule has 0 radical (unpaired) electrons. The number of epoxide rings is 1. The maximum Gasteiger partial charge on any atom is 0.163 e. The van der Waals surface area contributed by atoms with Crippen molar-refractivity contribution in [2.24, 2.45) is 0 Å². The molecule has 3 aromatic rings. The molecule has 118 valence electrons. The van der Waals surface area contributed by atoms with E-state index in [2.05, 4.69) is 15.0 Å². The van der Waals surface area contributed by atoms with E-state index in [0.29, 0.717) is 23.3 Å². The highest BCUT2D eigenvalue weighted by molar-refractivity contribution is 5.72. The zero-order valence-corrected chi connectivity index (χ0v) is 12.6. The molecule has 0 amide bonds. The monoisotopic (exact) mass is 316 g/mol. The van der Waals surface area contributed by atoms with Crippen molar-refractivity contribution in [1.29, 1.82) is 0 Å². The molecular weight excluding hydrogens is 302 g/mol. The summed E-state index contributed by atoms with van der Waals surface area (Å²) in [4.78, 5) is 12.7. The standard InChI is InChI=1S/C16H14F2N4O/c1-9-14-15(20-7-19-9)22(8-21-14)10(2)16(6-23-16)12-4-3-11(17)5-13(12)18/h3-5,7-8,10H,6H2,1-2H3/t10-,16-/m1/s1. The smallest absolute Gasteiger partial charge is 0.163 e. The first-order valence-corrected chi connectivity index (χ1v) is 7.26. The second kappa shape index (κ2) is 4.79. The number of aryl methyl sites for hydroxylation is 1. The first kappa shape index (κ1) is 14.2. The fourth-order valence-corrected chi connectivity index (χ4v) is 3.01. The molecule has 0 N–H and O–H groups in total. The first-order chi connectivity index (χ1) is 11.0. The van der Waals surface area contributed by atoms with Gasteiger partial charge in [-0.15, -0.1) is 0 Å². The quantitative estimate of drug-likeness (QED) is 0.697. The van der Waals surface area contributed by atoms with Gasteiger partial charge in [0, 0.05) is 11.6 Å². The van der Waals surface area contributed by atoms with Gasteiger partial charge in [-0.2, -0.15) is 0 Å². The van der Waals surface area contributed by atoms with Gasteiger partial charge >= 0.3 is 0 Å². The Balaban J connectivity index is 1.81. The third-order valence-electron chi connectivity index (χ3n) is 4.48. The molecule has 5 nitrogen and oxygen atoms in total. The summed E-state index contributed by atoms with van der Waals surface area (Å²) in [5.74, 6) is -1.21. The molecule has 0 spiro atoms. The van der Waals surface area contributed by atoms with E-state index >= 15 is 0 Å². The molecular formula is C16H14F2N4O. The minimum Gasteiger partial charge on any atom is -0.362 e. The lowest BCUT2D eigenvalue weighted by atomic mass is 9.92. The van der Waals surface area contributed by atoms with Gasteiger partial charge in [-0.05, 0) is 19.9 Å². The van der Waals surface area contributed by atoms with Crippen LogP contribution in [0, 0.1) is 18.6 Å². The van der Waals surface area contributed by atoms with Crippen molar-refractivity contribution in [3.8, 4) is 0 Å². The zero-order chi connectivity index (χ0) is 16.2. The number of hydrogen-bond acceptors (Lipinski definition) is 4. The SMILES string of the molecule is Cc1ncnc2c1ncn2[C@H](C)[C@@]1(c2ccc(F)cc2F)CO1. The number of imidazole rings is 1. The van der Waals surface area contributed by atoms with Gasteiger partial charge in [0.25, 0.3) is 0 Å². The first-order valence-electron chi connectivity index (χ1n) is 7.26. The molecule has 1 fully saturated rings. The summed E-state index contributed by atoms with van der Waals surface area (Å²) in [7, 11) is 0. The van der Waals surface area contributed by atoms with Crippen molar-refractivity contribution in [2.45, 2.75) is 25.5 Å². The molecule has 0 aliphatic carbocycles.